The second-order valence-corrected chi connectivity index (χ2v) is 8.89. The van der Waals surface area contributed by atoms with Gasteiger partial charge in [0.25, 0.3) is 10.1 Å². The quantitative estimate of drug-likeness (QED) is 0.729. The summed E-state index contributed by atoms with van der Waals surface area (Å²) in [6.45, 7) is 0. The molecule has 0 aromatic rings. The Balaban J connectivity index is 2.66. The van der Waals surface area contributed by atoms with E-state index in [2.05, 4.69) is 0 Å². The second-order valence-electron chi connectivity index (χ2n) is 4.91. The minimum atomic E-state index is -4.17. The van der Waals surface area contributed by atoms with E-state index in [1.165, 1.54) is 0 Å². The van der Waals surface area contributed by atoms with Crippen LogP contribution in [0.3, 0.4) is 0 Å². The summed E-state index contributed by atoms with van der Waals surface area (Å²) in [5.41, 5.74) is 0. The van der Waals surface area contributed by atoms with Crippen molar-refractivity contribution in [1.82, 2.24) is 0 Å². The van der Waals surface area contributed by atoms with Gasteiger partial charge >= 0.3 is 0 Å². The summed E-state index contributed by atoms with van der Waals surface area (Å²) in [4.78, 5) is 0. The molecular weight excluding hydrogens is 304 g/mol. The van der Waals surface area contributed by atoms with E-state index in [1.54, 1.807) is 0 Å². The van der Waals surface area contributed by atoms with Gasteiger partial charge < -0.3 is 0 Å². The Morgan fingerprint density at radius 1 is 1.00 bits per heavy atom. The van der Waals surface area contributed by atoms with Crippen LogP contribution < -0.4 is 0 Å². The van der Waals surface area contributed by atoms with E-state index >= 15 is 0 Å². The number of rotatable bonds is 5. The highest BCUT2D eigenvalue weighted by atomic mass is 32.2. The van der Waals surface area contributed by atoms with Gasteiger partial charge in [-0.05, 0) is 25.7 Å². The third-order valence-electron chi connectivity index (χ3n) is 3.47. The minimum absolute atomic E-state index is 0.114. The number of nitrogens with zero attached hydrogens (tertiary/aromatic N) is 2. The van der Waals surface area contributed by atoms with E-state index in [9.17, 15) is 16.8 Å². The lowest BCUT2D eigenvalue weighted by Crippen LogP contribution is -2.34. The molecule has 0 aromatic carbocycles. The molecule has 1 saturated carbocycles. The van der Waals surface area contributed by atoms with Gasteiger partial charge in [0.2, 0.25) is 0 Å². The molecule has 20 heavy (non-hydrogen) atoms. The van der Waals surface area contributed by atoms with Crippen LogP contribution in [0.2, 0.25) is 0 Å². The predicted octanol–water partition coefficient (Wildman–Crippen LogP) is 0.511. The molecule has 9 heteroatoms. The normalized spacial score (nSPS) is 27.4. The van der Waals surface area contributed by atoms with Crippen LogP contribution in [-0.2, 0) is 20.0 Å². The SMILES string of the molecule is N#CC1CCC(S(=O)(=O)CCCS(=O)(=O)O)CC1C#N. The Morgan fingerprint density at radius 3 is 2.10 bits per heavy atom. The summed E-state index contributed by atoms with van der Waals surface area (Å²) in [7, 11) is -7.68. The number of nitriles is 2. The highest BCUT2D eigenvalue weighted by Crippen LogP contribution is 2.33. The molecule has 0 bridgehead atoms. The van der Waals surface area contributed by atoms with Gasteiger partial charge in [-0.2, -0.15) is 18.9 Å². The van der Waals surface area contributed by atoms with Crippen molar-refractivity contribution in [1.29, 1.82) is 10.5 Å². The van der Waals surface area contributed by atoms with Gasteiger partial charge in [0, 0.05) is 0 Å². The maximum atomic E-state index is 12.1. The van der Waals surface area contributed by atoms with Crippen LogP contribution >= 0.6 is 0 Å². The molecule has 1 fully saturated rings. The Kier molecular flexibility index (Phi) is 5.51. The van der Waals surface area contributed by atoms with Crippen LogP contribution in [0.4, 0.5) is 0 Å². The monoisotopic (exact) mass is 320 g/mol. The lowest BCUT2D eigenvalue weighted by Gasteiger charge is -2.28. The van der Waals surface area contributed by atoms with Crippen molar-refractivity contribution in [2.75, 3.05) is 11.5 Å². The van der Waals surface area contributed by atoms with Crippen LogP contribution in [0.15, 0.2) is 0 Å². The first kappa shape index (κ1) is 16.9. The topological polar surface area (TPSA) is 136 Å². The fraction of sp³-hybridized carbons (Fsp3) is 0.818. The maximum Gasteiger partial charge on any atom is 0.264 e. The summed E-state index contributed by atoms with van der Waals surface area (Å²) in [5, 5.41) is 17.1. The molecule has 1 N–H and O–H groups in total. The van der Waals surface area contributed by atoms with E-state index in [0.717, 1.165) is 0 Å². The van der Waals surface area contributed by atoms with Crippen molar-refractivity contribution in [3.63, 3.8) is 0 Å². The molecule has 0 aliphatic heterocycles. The first-order chi connectivity index (χ1) is 9.19. The molecule has 0 spiro atoms. The van der Waals surface area contributed by atoms with Crippen LogP contribution in [0, 0.1) is 34.5 Å². The standard InChI is InChI=1S/C11H16N2O5S2/c12-7-9-2-3-11(6-10(9)8-13)19(14,15)4-1-5-20(16,17)18/h9-11H,1-6H2,(H,16,17,18). The first-order valence-corrected chi connectivity index (χ1v) is 9.48. The number of sulfone groups is 1. The van der Waals surface area contributed by atoms with E-state index in [4.69, 9.17) is 15.1 Å². The van der Waals surface area contributed by atoms with Gasteiger partial charge in [-0.3, -0.25) is 4.55 Å². The van der Waals surface area contributed by atoms with E-state index < -0.39 is 42.8 Å². The molecule has 0 radical (unpaired) electrons. The fourth-order valence-corrected chi connectivity index (χ4v) is 4.93. The summed E-state index contributed by atoms with van der Waals surface area (Å²) in [6, 6.07) is 3.97. The maximum absolute atomic E-state index is 12.1. The van der Waals surface area contributed by atoms with Crippen molar-refractivity contribution >= 4 is 20.0 Å². The lowest BCUT2D eigenvalue weighted by molar-refractivity contribution is 0.351. The van der Waals surface area contributed by atoms with Crippen LogP contribution in [0.5, 0.6) is 0 Å². The summed E-state index contributed by atoms with van der Waals surface area (Å²) in [5.74, 6) is -1.98. The molecule has 0 aromatic heterocycles. The molecule has 1 rings (SSSR count). The molecule has 0 heterocycles. The van der Waals surface area contributed by atoms with Crippen LogP contribution in [0.25, 0.3) is 0 Å². The van der Waals surface area contributed by atoms with Crippen LogP contribution in [-0.4, -0.2) is 38.1 Å². The molecule has 0 saturated heterocycles. The Morgan fingerprint density at radius 2 is 1.60 bits per heavy atom. The van der Waals surface area contributed by atoms with Gasteiger partial charge in [-0.25, -0.2) is 8.42 Å². The first-order valence-electron chi connectivity index (χ1n) is 6.15. The Bertz CT molecular complexity index is 627. The van der Waals surface area contributed by atoms with Crippen molar-refractivity contribution in [2.45, 2.75) is 30.9 Å². The molecule has 0 amide bonds. The third-order valence-corrected chi connectivity index (χ3v) is 6.58. The number of hydrogen-bond acceptors (Lipinski definition) is 6. The molecule has 112 valence electrons. The summed E-state index contributed by atoms with van der Waals surface area (Å²) >= 11 is 0. The number of hydrogen-bond donors (Lipinski definition) is 1. The average Bonchev–Trinajstić information content (AvgIpc) is 2.36. The third kappa shape index (κ3) is 4.75. The van der Waals surface area contributed by atoms with E-state index in [0.29, 0.717) is 12.8 Å². The highest BCUT2D eigenvalue weighted by molar-refractivity contribution is 7.92. The Hall–Kier alpha value is -1.16. The summed E-state index contributed by atoms with van der Waals surface area (Å²) < 4.78 is 53.8. The zero-order valence-electron chi connectivity index (χ0n) is 10.8. The lowest BCUT2D eigenvalue weighted by atomic mass is 9.81. The van der Waals surface area contributed by atoms with Gasteiger partial charge in [0.15, 0.2) is 9.84 Å². The molecule has 1 aliphatic carbocycles. The van der Waals surface area contributed by atoms with Crippen molar-refractivity contribution in [3.05, 3.63) is 0 Å². The molecule has 7 nitrogen and oxygen atoms in total. The van der Waals surface area contributed by atoms with Crippen molar-refractivity contribution in [2.24, 2.45) is 11.8 Å². The summed E-state index contributed by atoms with van der Waals surface area (Å²) in [6.07, 6.45) is 0.612. The van der Waals surface area contributed by atoms with Crippen LogP contribution in [0.1, 0.15) is 25.7 Å². The van der Waals surface area contributed by atoms with E-state index in [-0.39, 0.29) is 18.6 Å². The zero-order chi connectivity index (χ0) is 15.4. The van der Waals surface area contributed by atoms with Gasteiger partial charge in [-0.15, -0.1) is 0 Å². The molecule has 3 atom stereocenters. The molecule has 1 aliphatic rings. The van der Waals surface area contributed by atoms with Gasteiger partial charge in [-0.1, -0.05) is 0 Å². The van der Waals surface area contributed by atoms with Crippen molar-refractivity contribution < 1.29 is 21.4 Å². The fourth-order valence-electron chi connectivity index (χ4n) is 2.36. The molecular formula is C11H16N2O5S2. The van der Waals surface area contributed by atoms with E-state index in [1.807, 2.05) is 12.1 Å². The molecule has 3 unspecified atom stereocenters. The Labute approximate surface area is 118 Å². The van der Waals surface area contributed by atoms with Crippen molar-refractivity contribution in [3.8, 4) is 12.1 Å². The highest BCUT2D eigenvalue weighted by Gasteiger charge is 2.36. The van der Waals surface area contributed by atoms with Gasteiger partial charge in [0.05, 0.1) is 40.7 Å². The minimum Gasteiger partial charge on any atom is -0.286 e. The second kappa shape index (κ2) is 6.53. The smallest absolute Gasteiger partial charge is 0.264 e. The average molecular weight is 320 g/mol. The predicted molar refractivity (Wildman–Crippen MR) is 70.7 cm³/mol. The van der Waals surface area contributed by atoms with Gasteiger partial charge in [0.1, 0.15) is 0 Å². The zero-order valence-corrected chi connectivity index (χ0v) is 12.4. The largest absolute Gasteiger partial charge is 0.286 e.